The maximum atomic E-state index is 10.6. The van der Waals surface area contributed by atoms with Crippen molar-refractivity contribution in [3.05, 3.63) is 63.9 Å². The Morgan fingerprint density at radius 1 is 1.24 bits per heavy atom. The monoisotopic (exact) mass is 289 g/mol. The van der Waals surface area contributed by atoms with E-state index >= 15 is 0 Å². The molecule has 1 atom stereocenters. The largest absolute Gasteiger partial charge is 0.433 e. The summed E-state index contributed by atoms with van der Waals surface area (Å²) in [6, 6.07) is 13.2. The van der Waals surface area contributed by atoms with Crippen LogP contribution in [0.4, 0.5) is 5.88 Å². The molecular formula is C15H19N3O3. The van der Waals surface area contributed by atoms with Crippen molar-refractivity contribution in [2.24, 2.45) is 0 Å². The summed E-state index contributed by atoms with van der Waals surface area (Å²) < 4.78 is 5.16. The Morgan fingerprint density at radius 2 is 1.95 bits per heavy atom. The third-order valence-corrected chi connectivity index (χ3v) is 3.10. The molecule has 6 nitrogen and oxygen atoms in total. The molecule has 0 saturated heterocycles. The van der Waals surface area contributed by atoms with Crippen molar-refractivity contribution in [2.45, 2.75) is 12.6 Å². The smallest absolute Gasteiger partial charge is 0.404 e. The van der Waals surface area contributed by atoms with E-state index in [-0.39, 0.29) is 11.9 Å². The first-order chi connectivity index (χ1) is 10.1. The first kappa shape index (κ1) is 15.2. The fourth-order valence-electron chi connectivity index (χ4n) is 2.12. The molecule has 6 heteroatoms. The molecule has 1 aromatic heterocycles. The predicted molar refractivity (Wildman–Crippen MR) is 79.9 cm³/mol. The molecule has 0 bridgehead atoms. The van der Waals surface area contributed by atoms with Gasteiger partial charge in [0.15, 0.2) is 0 Å². The quantitative estimate of drug-likeness (QED) is 0.626. The van der Waals surface area contributed by atoms with Crippen molar-refractivity contribution in [3.8, 4) is 0 Å². The van der Waals surface area contributed by atoms with Crippen LogP contribution in [0.5, 0.6) is 0 Å². The van der Waals surface area contributed by atoms with Crippen LogP contribution in [0.25, 0.3) is 0 Å². The zero-order valence-corrected chi connectivity index (χ0v) is 12.2. The van der Waals surface area contributed by atoms with E-state index in [4.69, 9.17) is 4.42 Å². The van der Waals surface area contributed by atoms with Crippen molar-refractivity contribution in [1.29, 1.82) is 0 Å². The molecule has 0 fully saturated rings. The van der Waals surface area contributed by atoms with Gasteiger partial charge in [0.1, 0.15) is 10.7 Å². The summed E-state index contributed by atoms with van der Waals surface area (Å²) in [5.41, 5.74) is 1.17. The number of benzene rings is 1. The average Bonchev–Trinajstić information content (AvgIpc) is 2.93. The molecule has 1 unspecified atom stereocenters. The third kappa shape index (κ3) is 4.40. The van der Waals surface area contributed by atoms with Crippen LogP contribution in [0.15, 0.2) is 46.9 Å². The highest BCUT2D eigenvalue weighted by molar-refractivity contribution is 5.20. The molecule has 1 heterocycles. The Kier molecular flexibility index (Phi) is 5.08. The Labute approximate surface area is 123 Å². The number of hydrogen-bond acceptors (Lipinski definition) is 5. The Balaban J connectivity index is 2.03. The van der Waals surface area contributed by atoms with Gasteiger partial charge in [0.05, 0.1) is 12.6 Å². The molecular weight excluding hydrogens is 270 g/mol. The van der Waals surface area contributed by atoms with E-state index in [1.54, 1.807) is 6.07 Å². The van der Waals surface area contributed by atoms with Crippen molar-refractivity contribution < 1.29 is 9.34 Å². The molecule has 0 amide bonds. The summed E-state index contributed by atoms with van der Waals surface area (Å²) in [5, 5.41) is 14.0. The third-order valence-electron chi connectivity index (χ3n) is 3.10. The van der Waals surface area contributed by atoms with Crippen LogP contribution in [0.2, 0.25) is 0 Å². The Bertz CT molecular complexity index is 581. The van der Waals surface area contributed by atoms with E-state index in [9.17, 15) is 10.1 Å². The maximum Gasteiger partial charge on any atom is 0.433 e. The van der Waals surface area contributed by atoms with Gasteiger partial charge in [-0.15, -0.1) is 0 Å². The minimum Gasteiger partial charge on any atom is -0.404 e. The number of hydrogen-bond donors (Lipinski definition) is 1. The Morgan fingerprint density at radius 3 is 2.52 bits per heavy atom. The highest BCUT2D eigenvalue weighted by Crippen LogP contribution is 2.18. The summed E-state index contributed by atoms with van der Waals surface area (Å²) in [7, 11) is 4.02. The Hall–Kier alpha value is -2.18. The second-order valence-electron chi connectivity index (χ2n) is 5.10. The molecule has 2 rings (SSSR count). The van der Waals surface area contributed by atoms with Gasteiger partial charge in [-0.25, -0.2) is 0 Å². The van der Waals surface area contributed by atoms with Gasteiger partial charge in [-0.3, -0.25) is 10.1 Å². The van der Waals surface area contributed by atoms with Crippen LogP contribution in [0.3, 0.4) is 0 Å². The zero-order valence-electron chi connectivity index (χ0n) is 12.2. The van der Waals surface area contributed by atoms with Gasteiger partial charge >= 0.3 is 5.88 Å². The number of nitrogens with zero attached hydrogens (tertiary/aromatic N) is 2. The maximum absolute atomic E-state index is 10.6. The number of nitro groups is 1. The molecule has 2 aromatic rings. The van der Waals surface area contributed by atoms with Gasteiger partial charge in [-0.1, -0.05) is 30.3 Å². The van der Waals surface area contributed by atoms with Gasteiger partial charge in [-0.2, -0.15) is 0 Å². The van der Waals surface area contributed by atoms with E-state index in [0.717, 1.165) is 6.54 Å². The van der Waals surface area contributed by atoms with Crippen molar-refractivity contribution in [3.63, 3.8) is 0 Å². The SMILES string of the molecule is CN(C)CC(NCc1ccc([N+](=O)[O-])o1)c1ccccc1. The standard InChI is InChI=1S/C15H19N3O3/c1-17(2)11-14(12-6-4-3-5-7-12)16-10-13-8-9-15(21-13)18(19)20/h3-9,14,16H,10-11H2,1-2H3. The van der Waals surface area contributed by atoms with E-state index in [0.29, 0.717) is 12.3 Å². The molecule has 21 heavy (non-hydrogen) atoms. The van der Waals surface area contributed by atoms with Crippen LogP contribution in [0.1, 0.15) is 17.4 Å². The summed E-state index contributed by atoms with van der Waals surface area (Å²) in [6.07, 6.45) is 0. The molecule has 1 aromatic carbocycles. The summed E-state index contributed by atoms with van der Waals surface area (Å²) >= 11 is 0. The van der Waals surface area contributed by atoms with E-state index < -0.39 is 4.92 Å². The van der Waals surface area contributed by atoms with Gasteiger partial charge in [-0.05, 0) is 25.7 Å². The molecule has 0 saturated carbocycles. The van der Waals surface area contributed by atoms with E-state index in [2.05, 4.69) is 22.3 Å². The average molecular weight is 289 g/mol. The molecule has 0 aliphatic heterocycles. The zero-order chi connectivity index (χ0) is 15.2. The highest BCUT2D eigenvalue weighted by atomic mass is 16.6. The van der Waals surface area contributed by atoms with Gasteiger partial charge < -0.3 is 14.6 Å². The second-order valence-corrected chi connectivity index (χ2v) is 5.10. The number of furan rings is 1. The van der Waals surface area contributed by atoms with Crippen molar-refractivity contribution in [1.82, 2.24) is 10.2 Å². The molecule has 0 aliphatic carbocycles. The van der Waals surface area contributed by atoms with Gasteiger partial charge in [0, 0.05) is 12.6 Å². The van der Waals surface area contributed by atoms with Crippen molar-refractivity contribution in [2.75, 3.05) is 20.6 Å². The second kappa shape index (κ2) is 7.01. The van der Waals surface area contributed by atoms with Crippen LogP contribution >= 0.6 is 0 Å². The number of rotatable bonds is 7. The highest BCUT2D eigenvalue weighted by Gasteiger charge is 2.15. The summed E-state index contributed by atoms with van der Waals surface area (Å²) in [6.45, 7) is 1.27. The lowest BCUT2D eigenvalue weighted by atomic mass is 10.1. The van der Waals surface area contributed by atoms with E-state index in [1.807, 2.05) is 32.3 Å². The minimum absolute atomic E-state index is 0.130. The van der Waals surface area contributed by atoms with Crippen LogP contribution in [0, 0.1) is 10.1 Å². The molecule has 0 aliphatic rings. The lowest BCUT2D eigenvalue weighted by Crippen LogP contribution is -2.30. The number of nitrogens with one attached hydrogen (secondary N) is 1. The van der Waals surface area contributed by atoms with Crippen LogP contribution < -0.4 is 5.32 Å². The lowest BCUT2D eigenvalue weighted by molar-refractivity contribution is -0.402. The fraction of sp³-hybridized carbons (Fsp3) is 0.333. The molecule has 1 N–H and O–H groups in total. The van der Waals surface area contributed by atoms with Crippen molar-refractivity contribution >= 4 is 5.88 Å². The topological polar surface area (TPSA) is 71.5 Å². The predicted octanol–water partition coefficient (Wildman–Crippen LogP) is 2.58. The van der Waals surface area contributed by atoms with Gasteiger partial charge in [0.25, 0.3) is 0 Å². The lowest BCUT2D eigenvalue weighted by Gasteiger charge is -2.22. The fourth-order valence-corrected chi connectivity index (χ4v) is 2.12. The number of likely N-dealkylation sites (N-methyl/N-ethyl adjacent to an activating group) is 1. The molecule has 0 radical (unpaired) electrons. The first-order valence-electron chi connectivity index (χ1n) is 6.72. The summed E-state index contributed by atoms with van der Waals surface area (Å²) in [4.78, 5) is 12.2. The molecule has 112 valence electrons. The van der Waals surface area contributed by atoms with Crippen LogP contribution in [-0.2, 0) is 6.54 Å². The normalized spacial score (nSPS) is 12.5. The molecule has 0 spiro atoms. The summed E-state index contributed by atoms with van der Waals surface area (Å²) in [5.74, 6) is 0.331. The van der Waals surface area contributed by atoms with Crippen LogP contribution in [-0.4, -0.2) is 30.5 Å². The van der Waals surface area contributed by atoms with Gasteiger partial charge in [0.2, 0.25) is 0 Å². The minimum atomic E-state index is -0.530. The van der Waals surface area contributed by atoms with E-state index in [1.165, 1.54) is 11.6 Å². The first-order valence-corrected chi connectivity index (χ1v) is 6.72.